The average molecular weight is 468 g/mol. The molecule has 13 heteroatoms. The normalized spacial score (nSPS) is 29.8. The van der Waals surface area contributed by atoms with Crippen molar-refractivity contribution in [3.8, 4) is 0 Å². The predicted molar refractivity (Wildman–Crippen MR) is 113 cm³/mol. The Bertz CT molecular complexity index is 1040. The van der Waals surface area contributed by atoms with Gasteiger partial charge in [-0.3, -0.25) is 4.55 Å². The number of aliphatic hydroxyl groups is 3. The van der Waals surface area contributed by atoms with Crippen LogP contribution in [-0.4, -0.2) is 94.6 Å². The molecule has 1 unspecified atom stereocenters. The minimum Gasteiger partial charge on any atom is -0.394 e. The van der Waals surface area contributed by atoms with Gasteiger partial charge in [0.05, 0.1) is 24.2 Å². The van der Waals surface area contributed by atoms with E-state index in [4.69, 9.17) is 15.0 Å². The average Bonchev–Trinajstić information content (AvgIpc) is 3.32. The lowest BCUT2D eigenvalue weighted by Crippen LogP contribution is -2.54. The summed E-state index contributed by atoms with van der Waals surface area (Å²) in [6.45, 7) is 0.0937. The molecule has 6 N–H and O–H groups in total. The molecule has 3 aliphatic rings. The van der Waals surface area contributed by atoms with Crippen LogP contribution in [0.3, 0.4) is 0 Å². The first-order valence-electron chi connectivity index (χ1n) is 10.0. The number of aliphatic imine (C=N–C) groups is 2. The van der Waals surface area contributed by atoms with Crippen molar-refractivity contribution in [2.24, 2.45) is 15.7 Å². The van der Waals surface area contributed by atoms with E-state index in [0.717, 1.165) is 5.56 Å². The van der Waals surface area contributed by atoms with Crippen LogP contribution in [0.1, 0.15) is 12.0 Å². The smallest absolute Gasteiger partial charge is 0.294 e. The van der Waals surface area contributed by atoms with Gasteiger partial charge in [0.2, 0.25) is 0 Å². The first-order valence-corrected chi connectivity index (χ1v) is 11.4. The monoisotopic (exact) mass is 467 g/mol. The highest BCUT2D eigenvalue weighted by Gasteiger charge is 2.49. The van der Waals surface area contributed by atoms with Gasteiger partial charge in [-0.15, -0.1) is 0 Å². The van der Waals surface area contributed by atoms with Gasteiger partial charge in [-0.25, -0.2) is 9.98 Å². The van der Waals surface area contributed by atoms with Crippen LogP contribution in [0.25, 0.3) is 0 Å². The van der Waals surface area contributed by atoms with Crippen molar-refractivity contribution in [3.63, 3.8) is 0 Å². The van der Waals surface area contributed by atoms with Crippen molar-refractivity contribution in [2.75, 3.05) is 13.2 Å². The Balaban J connectivity index is 1.43. The zero-order valence-electron chi connectivity index (χ0n) is 17.0. The molecule has 5 atom stereocenters. The van der Waals surface area contributed by atoms with E-state index in [9.17, 15) is 23.7 Å². The molecule has 1 aromatic carbocycles. The molecule has 1 aromatic rings. The van der Waals surface area contributed by atoms with Gasteiger partial charge in [-0.05, 0) is 30.5 Å². The minimum absolute atomic E-state index is 0.160. The molecule has 0 saturated carbocycles. The van der Waals surface area contributed by atoms with Crippen LogP contribution in [0.2, 0.25) is 0 Å². The quantitative estimate of drug-likeness (QED) is 0.294. The summed E-state index contributed by atoms with van der Waals surface area (Å²) < 4.78 is 37.1. The third-order valence-electron chi connectivity index (χ3n) is 5.69. The van der Waals surface area contributed by atoms with Crippen LogP contribution < -0.4 is 5.73 Å². The summed E-state index contributed by atoms with van der Waals surface area (Å²) in [6.07, 6.45) is -0.471. The lowest BCUT2D eigenvalue weighted by atomic mass is 10.1. The Hall–Kier alpha value is -2.55. The Labute approximate surface area is 184 Å². The Morgan fingerprint density at radius 3 is 2.44 bits per heavy atom. The fourth-order valence-electron chi connectivity index (χ4n) is 4.00. The second-order valence-electron chi connectivity index (χ2n) is 7.77. The van der Waals surface area contributed by atoms with Crippen LogP contribution in [-0.2, 0) is 21.3 Å². The van der Waals surface area contributed by atoms with Gasteiger partial charge in [-0.2, -0.15) is 8.42 Å². The molecule has 12 nitrogen and oxygen atoms in total. The van der Waals surface area contributed by atoms with Gasteiger partial charge in [0.15, 0.2) is 18.2 Å². The Morgan fingerprint density at radius 2 is 1.81 bits per heavy atom. The number of rotatable bonds is 7. The number of hydrogen-bond acceptors (Lipinski definition) is 11. The highest BCUT2D eigenvalue weighted by atomic mass is 32.2. The SMILES string of the molecule is NC1=C2N=CN([C@@H]3O[C@H](CO)[C@@H](O)[C@H]3O)C2N(CCCc2ccc(S(=O)(=O)O)cc2)C=N1. The molecule has 4 rings (SSSR count). The molecule has 0 radical (unpaired) electrons. The first kappa shape index (κ1) is 22.6. The molecule has 32 heavy (non-hydrogen) atoms. The number of hydrogen-bond donors (Lipinski definition) is 5. The van der Waals surface area contributed by atoms with Gasteiger partial charge in [-0.1, -0.05) is 12.1 Å². The van der Waals surface area contributed by atoms with Crippen molar-refractivity contribution in [1.29, 1.82) is 0 Å². The maximum absolute atomic E-state index is 11.2. The fourth-order valence-corrected chi connectivity index (χ4v) is 4.48. The third-order valence-corrected chi connectivity index (χ3v) is 6.56. The topological polar surface area (TPSA) is 182 Å². The molecule has 0 aliphatic carbocycles. The zero-order valence-corrected chi connectivity index (χ0v) is 17.8. The second-order valence-corrected chi connectivity index (χ2v) is 9.19. The number of nitrogens with two attached hydrogens (primary N) is 1. The van der Waals surface area contributed by atoms with Gasteiger partial charge in [0.1, 0.15) is 24.0 Å². The van der Waals surface area contributed by atoms with Gasteiger partial charge in [0, 0.05) is 6.54 Å². The van der Waals surface area contributed by atoms with Crippen molar-refractivity contribution in [2.45, 2.75) is 48.4 Å². The maximum Gasteiger partial charge on any atom is 0.294 e. The van der Waals surface area contributed by atoms with Crippen LogP contribution in [0.5, 0.6) is 0 Å². The first-order chi connectivity index (χ1) is 15.2. The van der Waals surface area contributed by atoms with E-state index in [0.29, 0.717) is 25.1 Å². The van der Waals surface area contributed by atoms with Crippen molar-refractivity contribution >= 4 is 22.8 Å². The molecular weight excluding hydrogens is 442 g/mol. The summed E-state index contributed by atoms with van der Waals surface area (Å²) in [6, 6.07) is 5.98. The van der Waals surface area contributed by atoms with E-state index in [-0.39, 0.29) is 10.7 Å². The lowest BCUT2D eigenvalue weighted by Gasteiger charge is -2.39. The lowest BCUT2D eigenvalue weighted by molar-refractivity contribution is -0.0872. The molecular formula is C19H25N5O7S. The zero-order chi connectivity index (χ0) is 23.0. The van der Waals surface area contributed by atoms with E-state index < -0.39 is 47.4 Å². The standard InChI is InChI=1S/C19H25N5O7S/c20-17-14-18(24(10-21-14)19-16(27)15(26)13(8-25)31-19)23(9-22-17)7-1-2-11-3-5-12(6-4-11)32(28,29)30/h3-6,9-10,13,15-16,18-19,25-27H,1-2,7-8,20H2,(H,28,29,30)/t13-,15-,16-,18?,19-/m1/s1. The molecule has 0 spiro atoms. The van der Waals surface area contributed by atoms with E-state index in [2.05, 4.69) is 9.98 Å². The molecule has 1 fully saturated rings. The van der Waals surface area contributed by atoms with Crippen LogP contribution >= 0.6 is 0 Å². The largest absolute Gasteiger partial charge is 0.394 e. The predicted octanol–water partition coefficient (Wildman–Crippen LogP) is -1.55. The molecule has 0 bridgehead atoms. The molecule has 1 saturated heterocycles. The number of nitrogens with zero attached hydrogens (tertiary/aromatic N) is 4. The van der Waals surface area contributed by atoms with Gasteiger partial charge < -0.3 is 35.6 Å². The van der Waals surface area contributed by atoms with Crippen molar-refractivity contribution < 1.29 is 33.0 Å². The molecule has 174 valence electrons. The summed E-state index contributed by atoms with van der Waals surface area (Å²) in [5.74, 6) is 0.234. The number of benzene rings is 1. The van der Waals surface area contributed by atoms with Crippen molar-refractivity contribution in [1.82, 2.24) is 9.80 Å². The third kappa shape index (κ3) is 4.22. The number of ether oxygens (including phenoxy) is 1. The number of fused-ring (bicyclic) bond motifs is 1. The molecule has 0 aromatic heterocycles. The highest BCUT2D eigenvalue weighted by Crippen LogP contribution is 2.33. The minimum atomic E-state index is -4.23. The summed E-state index contributed by atoms with van der Waals surface area (Å²) in [5, 5.41) is 29.9. The van der Waals surface area contributed by atoms with E-state index in [1.54, 1.807) is 23.4 Å². The summed E-state index contributed by atoms with van der Waals surface area (Å²) in [7, 11) is -4.23. The molecule has 3 heterocycles. The number of aliphatic hydroxyl groups excluding tert-OH is 3. The summed E-state index contributed by atoms with van der Waals surface area (Å²) in [4.78, 5) is 11.8. The number of aryl methyl sites for hydroxylation is 1. The molecule has 3 aliphatic heterocycles. The van der Waals surface area contributed by atoms with Crippen LogP contribution in [0, 0.1) is 0 Å². The highest BCUT2D eigenvalue weighted by molar-refractivity contribution is 7.85. The summed E-state index contributed by atoms with van der Waals surface area (Å²) >= 11 is 0. The second kappa shape index (κ2) is 8.77. The van der Waals surface area contributed by atoms with Crippen molar-refractivity contribution in [3.05, 3.63) is 41.3 Å². The van der Waals surface area contributed by atoms with Gasteiger partial charge in [0.25, 0.3) is 10.1 Å². The van der Waals surface area contributed by atoms with Gasteiger partial charge >= 0.3 is 0 Å². The van der Waals surface area contributed by atoms with E-state index >= 15 is 0 Å². The fraction of sp³-hybridized carbons (Fsp3) is 0.474. The Morgan fingerprint density at radius 1 is 1.09 bits per heavy atom. The maximum atomic E-state index is 11.2. The molecule has 0 amide bonds. The Kier molecular flexibility index (Phi) is 6.20. The van der Waals surface area contributed by atoms with Crippen LogP contribution in [0.15, 0.2) is 50.7 Å². The summed E-state index contributed by atoms with van der Waals surface area (Å²) in [5.41, 5.74) is 7.36. The van der Waals surface area contributed by atoms with Crippen LogP contribution in [0.4, 0.5) is 0 Å². The van der Waals surface area contributed by atoms with E-state index in [1.165, 1.54) is 18.5 Å². The van der Waals surface area contributed by atoms with E-state index in [1.807, 2.05) is 4.90 Å².